The number of carbonyl (C=O) groups excluding carboxylic acids is 2. The monoisotopic (exact) mass is 317 g/mol. The molecule has 0 unspecified atom stereocenters. The molecule has 0 saturated carbocycles. The predicted molar refractivity (Wildman–Crippen MR) is 76.8 cm³/mol. The predicted octanol–water partition coefficient (Wildman–Crippen LogP) is 2.40. The van der Waals surface area contributed by atoms with E-state index in [4.69, 9.17) is 9.47 Å². The molecule has 118 valence electrons. The Hall–Kier alpha value is -3.42. The van der Waals surface area contributed by atoms with E-state index in [2.05, 4.69) is 4.84 Å². The van der Waals surface area contributed by atoms with Crippen molar-refractivity contribution in [1.29, 1.82) is 0 Å². The van der Waals surface area contributed by atoms with E-state index in [1.807, 2.05) is 0 Å². The van der Waals surface area contributed by atoms with Gasteiger partial charge in [-0.2, -0.15) is 0 Å². The van der Waals surface area contributed by atoms with Crippen LogP contribution < -0.4 is 14.3 Å². The van der Waals surface area contributed by atoms with Gasteiger partial charge in [0.25, 0.3) is 5.09 Å². The molecule has 0 aliphatic rings. The quantitative estimate of drug-likeness (QED) is 0.361. The van der Waals surface area contributed by atoms with Crippen molar-refractivity contribution in [1.82, 2.24) is 0 Å². The molecule has 0 saturated heterocycles. The summed E-state index contributed by atoms with van der Waals surface area (Å²) in [6.07, 6.45) is 0. The number of hydrogen-bond acceptors (Lipinski definition) is 7. The zero-order valence-corrected chi connectivity index (χ0v) is 11.9. The Morgan fingerprint density at radius 1 is 1.00 bits per heavy atom. The maximum Gasteiger partial charge on any atom is 0.347 e. The summed E-state index contributed by atoms with van der Waals surface area (Å²) in [5, 5.41) is 9.32. The topological polar surface area (TPSA) is 105 Å². The maximum absolute atomic E-state index is 12.2. The van der Waals surface area contributed by atoms with Gasteiger partial charge in [0.05, 0.1) is 0 Å². The van der Waals surface area contributed by atoms with Crippen molar-refractivity contribution in [2.75, 3.05) is 0 Å². The van der Waals surface area contributed by atoms with E-state index in [9.17, 15) is 19.7 Å². The molecule has 8 heteroatoms. The third kappa shape index (κ3) is 4.53. The first-order valence-electron chi connectivity index (χ1n) is 6.38. The van der Waals surface area contributed by atoms with Crippen LogP contribution in [0.25, 0.3) is 0 Å². The van der Waals surface area contributed by atoms with Crippen LogP contribution in [0, 0.1) is 10.1 Å². The van der Waals surface area contributed by atoms with Crippen molar-refractivity contribution in [3.63, 3.8) is 0 Å². The molecule has 0 N–H and O–H groups in total. The first-order chi connectivity index (χ1) is 11.0. The smallest absolute Gasteiger partial charge is 0.347 e. The lowest BCUT2D eigenvalue weighted by molar-refractivity contribution is -0.711. The van der Waals surface area contributed by atoms with Crippen LogP contribution in [0.1, 0.15) is 17.3 Å². The summed E-state index contributed by atoms with van der Waals surface area (Å²) in [5.41, 5.74) is 0.0447. The molecule has 0 amide bonds. The van der Waals surface area contributed by atoms with Crippen molar-refractivity contribution in [3.05, 3.63) is 64.2 Å². The third-order valence-corrected chi connectivity index (χ3v) is 2.56. The summed E-state index contributed by atoms with van der Waals surface area (Å²) in [5.74, 6) is -1.34. The lowest BCUT2D eigenvalue weighted by Crippen LogP contribution is -2.12. The van der Waals surface area contributed by atoms with Crippen molar-refractivity contribution in [2.24, 2.45) is 0 Å². The molecule has 2 aromatic rings. The Bertz CT molecular complexity index is 757. The molecular formula is C15H11NO7. The van der Waals surface area contributed by atoms with E-state index in [-0.39, 0.29) is 22.8 Å². The molecular weight excluding hydrogens is 306 g/mol. The molecule has 2 rings (SSSR count). The Kier molecular flexibility index (Phi) is 4.88. The molecule has 0 aromatic heterocycles. The molecule has 0 aliphatic carbocycles. The lowest BCUT2D eigenvalue weighted by atomic mass is 10.2. The van der Waals surface area contributed by atoms with Gasteiger partial charge in [-0.15, -0.1) is 10.1 Å². The number of benzene rings is 2. The summed E-state index contributed by atoms with van der Waals surface area (Å²) in [6.45, 7) is 1.21. The zero-order valence-electron chi connectivity index (χ0n) is 11.9. The Morgan fingerprint density at radius 2 is 1.70 bits per heavy atom. The van der Waals surface area contributed by atoms with Crippen LogP contribution in [0.4, 0.5) is 0 Å². The molecule has 0 radical (unpaired) electrons. The second-order valence-electron chi connectivity index (χ2n) is 4.27. The van der Waals surface area contributed by atoms with Gasteiger partial charge in [0.2, 0.25) is 0 Å². The summed E-state index contributed by atoms with van der Waals surface area (Å²) in [7, 11) is 0. The average molecular weight is 317 g/mol. The second-order valence-corrected chi connectivity index (χ2v) is 4.27. The largest absolute Gasteiger partial charge is 0.426 e. The molecule has 8 nitrogen and oxygen atoms in total. The van der Waals surface area contributed by atoms with E-state index in [0.717, 1.165) is 0 Å². The number of rotatable bonds is 5. The SMILES string of the molecule is CC(=O)Oc1ccccc1C(=O)Oc1cccc(O[N+](=O)[O-])c1. The van der Waals surface area contributed by atoms with Crippen molar-refractivity contribution in [2.45, 2.75) is 6.92 Å². The minimum absolute atomic E-state index is 0.0447. The normalized spacial score (nSPS) is 9.78. The zero-order chi connectivity index (χ0) is 16.8. The van der Waals surface area contributed by atoms with E-state index in [0.29, 0.717) is 0 Å². The Balaban J connectivity index is 2.19. The van der Waals surface area contributed by atoms with Gasteiger partial charge in [0, 0.05) is 13.0 Å². The minimum Gasteiger partial charge on any atom is -0.426 e. The molecule has 0 heterocycles. The highest BCUT2D eigenvalue weighted by Gasteiger charge is 2.16. The fourth-order valence-corrected chi connectivity index (χ4v) is 1.72. The van der Waals surface area contributed by atoms with Crippen LogP contribution in [0.15, 0.2) is 48.5 Å². The maximum atomic E-state index is 12.2. The van der Waals surface area contributed by atoms with Crippen LogP contribution in [-0.4, -0.2) is 17.0 Å². The van der Waals surface area contributed by atoms with Gasteiger partial charge in [-0.25, -0.2) is 4.79 Å². The number of nitrogens with zero attached hydrogens (tertiary/aromatic N) is 1. The molecule has 0 spiro atoms. The van der Waals surface area contributed by atoms with E-state index in [1.54, 1.807) is 12.1 Å². The molecule has 2 aromatic carbocycles. The third-order valence-electron chi connectivity index (χ3n) is 2.56. The summed E-state index contributed by atoms with van der Waals surface area (Å²) < 4.78 is 10.0. The Labute approximate surface area is 130 Å². The van der Waals surface area contributed by atoms with E-state index >= 15 is 0 Å². The van der Waals surface area contributed by atoms with Crippen LogP contribution >= 0.6 is 0 Å². The summed E-state index contributed by atoms with van der Waals surface area (Å²) >= 11 is 0. The fourth-order valence-electron chi connectivity index (χ4n) is 1.72. The molecule has 0 fully saturated rings. The van der Waals surface area contributed by atoms with Gasteiger partial charge in [0.15, 0.2) is 0 Å². The summed E-state index contributed by atoms with van der Waals surface area (Å²) in [4.78, 5) is 37.8. The van der Waals surface area contributed by atoms with E-state index < -0.39 is 17.0 Å². The number of para-hydroxylation sites is 1. The van der Waals surface area contributed by atoms with Crippen LogP contribution in [0.2, 0.25) is 0 Å². The van der Waals surface area contributed by atoms with Gasteiger partial charge in [0.1, 0.15) is 22.8 Å². The molecule has 0 bridgehead atoms. The van der Waals surface area contributed by atoms with Gasteiger partial charge in [-0.3, -0.25) is 9.63 Å². The first kappa shape index (κ1) is 16.0. The minimum atomic E-state index is -0.975. The van der Waals surface area contributed by atoms with Gasteiger partial charge in [-0.05, 0) is 24.3 Å². The summed E-state index contributed by atoms with van der Waals surface area (Å²) in [6, 6.07) is 11.4. The molecule has 0 aliphatic heterocycles. The first-order valence-corrected chi connectivity index (χ1v) is 6.38. The van der Waals surface area contributed by atoms with Gasteiger partial charge < -0.3 is 9.47 Å². The number of carbonyl (C=O) groups is 2. The van der Waals surface area contributed by atoms with Crippen LogP contribution in [-0.2, 0) is 4.79 Å². The number of hydrogen-bond donors (Lipinski definition) is 0. The van der Waals surface area contributed by atoms with Crippen molar-refractivity contribution >= 4 is 11.9 Å². The van der Waals surface area contributed by atoms with Crippen LogP contribution in [0.3, 0.4) is 0 Å². The van der Waals surface area contributed by atoms with Crippen LogP contribution in [0.5, 0.6) is 17.2 Å². The highest BCUT2D eigenvalue weighted by atomic mass is 17.0. The second kappa shape index (κ2) is 7.03. The van der Waals surface area contributed by atoms with Gasteiger partial charge >= 0.3 is 11.9 Å². The number of ether oxygens (including phenoxy) is 2. The van der Waals surface area contributed by atoms with E-state index in [1.165, 1.54) is 43.3 Å². The average Bonchev–Trinajstić information content (AvgIpc) is 2.46. The van der Waals surface area contributed by atoms with Gasteiger partial charge in [-0.1, -0.05) is 18.2 Å². The number of esters is 2. The lowest BCUT2D eigenvalue weighted by Gasteiger charge is -2.09. The standard InChI is InChI=1S/C15H11NO7/c1-10(17)21-14-8-3-2-7-13(14)15(18)22-11-5-4-6-12(9-11)23-16(19)20/h2-9H,1H3. The molecule has 23 heavy (non-hydrogen) atoms. The highest BCUT2D eigenvalue weighted by molar-refractivity contribution is 5.94. The Morgan fingerprint density at radius 3 is 2.39 bits per heavy atom. The highest BCUT2D eigenvalue weighted by Crippen LogP contribution is 2.23. The van der Waals surface area contributed by atoms with Crippen molar-refractivity contribution < 1.29 is 29.0 Å². The molecule has 0 atom stereocenters. The van der Waals surface area contributed by atoms with Crippen molar-refractivity contribution in [3.8, 4) is 17.2 Å². The fraction of sp³-hybridized carbons (Fsp3) is 0.0667.